The predicted octanol–water partition coefficient (Wildman–Crippen LogP) is 4.94. The minimum atomic E-state index is -2.37. The molecule has 3 heteroatoms. The molecule has 0 aliphatic heterocycles. The molecule has 0 atom stereocenters. The Morgan fingerprint density at radius 2 is 1.05 bits per heavy atom. The largest absolute Gasteiger partial charge is 0.307 e. The minimum Gasteiger partial charge on any atom is -0.204 e. The second kappa shape index (κ2) is 7.07. The smallest absolute Gasteiger partial charge is 0.204 e. The molecule has 0 saturated heterocycles. The number of benzene rings is 3. The Bertz CT molecular complexity index is 662. The molecule has 3 aromatic carbocycles. The van der Waals surface area contributed by atoms with Gasteiger partial charge in [-0.2, -0.15) is 0 Å². The molecule has 3 rings (SSSR count). The zero-order chi connectivity index (χ0) is 15.3. The van der Waals surface area contributed by atoms with Crippen molar-refractivity contribution in [1.29, 1.82) is 0 Å². The topological polar surface area (TPSA) is 9.23 Å². The number of hydrogen-bond donors (Lipinski definition) is 0. The van der Waals surface area contributed by atoms with Crippen LogP contribution in [0.4, 0.5) is 0 Å². The molecule has 1 nitrogen and oxygen atoms in total. The highest BCUT2D eigenvalue weighted by Crippen LogP contribution is 2.63. The van der Waals surface area contributed by atoms with Crippen LogP contribution in [-0.4, -0.2) is 0 Å². The molecule has 0 bridgehead atoms. The molecule has 22 heavy (non-hydrogen) atoms. The van der Waals surface area contributed by atoms with E-state index in [4.69, 9.17) is 15.8 Å². The lowest BCUT2D eigenvalue weighted by molar-refractivity contribution is 0.347. The Morgan fingerprint density at radius 1 is 0.636 bits per heavy atom. The first-order chi connectivity index (χ1) is 10.8. The summed E-state index contributed by atoms with van der Waals surface area (Å²) in [7, 11) is 0. The molecule has 0 aromatic heterocycles. The van der Waals surface area contributed by atoms with Gasteiger partial charge in [-0.3, -0.25) is 0 Å². The molecular weight excluding hydrogens is 311 g/mol. The van der Waals surface area contributed by atoms with Crippen LogP contribution in [0.15, 0.2) is 91.0 Å². The average molecular weight is 328 g/mol. The monoisotopic (exact) mass is 327 g/mol. The van der Waals surface area contributed by atoms with Gasteiger partial charge in [0.1, 0.15) is 28.5 Å². The molecule has 0 saturated carbocycles. The third-order valence-corrected chi connectivity index (χ3v) is 7.30. The van der Waals surface area contributed by atoms with Crippen molar-refractivity contribution in [3.8, 4) is 0 Å². The van der Waals surface area contributed by atoms with Crippen molar-refractivity contribution in [1.82, 2.24) is 0 Å². The summed E-state index contributed by atoms with van der Waals surface area (Å²) in [5.41, 5.74) is 1.12. The molecule has 3 aromatic rings. The number of rotatable bonds is 5. The molecule has 0 heterocycles. The van der Waals surface area contributed by atoms with Gasteiger partial charge < -0.3 is 0 Å². The maximum atomic E-state index is 7.03. The third kappa shape index (κ3) is 3.39. The van der Waals surface area contributed by atoms with E-state index < -0.39 is 6.84 Å². The first-order valence-electron chi connectivity index (χ1n) is 7.17. The highest BCUT2D eigenvalue weighted by molar-refractivity contribution is 8.06. The molecule has 0 aliphatic carbocycles. The SMILES string of the molecule is Cl[P+](OCc1ccccc1)(c1ccccc1)c1ccccc1. The first-order valence-corrected chi connectivity index (χ1v) is 9.78. The van der Waals surface area contributed by atoms with Crippen LogP contribution in [0.2, 0.25) is 0 Å². The summed E-state index contributed by atoms with van der Waals surface area (Å²) in [5, 5.41) is 2.08. The Hall–Kier alpha value is -1.66. The molecule has 0 spiro atoms. The second-order valence-corrected chi connectivity index (χ2v) is 8.75. The van der Waals surface area contributed by atoms with E-state index in [-0.39, 0.29) is 0 Å². The van der Waals surface area contributed by atoms with E-state index in [1.54, 1.807) is 0 Å². The lowest BCUT2D eigenvalue weighted by Crippen LogP contribution is -2.20. The normalized spacial score (nSPS) is 11.3. The van der Waals surface area contributed by atoms with E-state index in [1.807, 2.05) is 78.9 Å². The van der Waals surface area contributed by atoms with Crippen molar-refractivity contribution < 1.29 is 4.52 Å². The third-order valence-electron chi connectivity index (χ3n) is 3.43. The summed E-state index contributed by atoms with van der Waals surface area (Å²) in [6, 6.07) is 30.3. The van der Waals surface area contributed by atoms with E-state index in [1.165, 1.54) is 0 Å². The number of hydrogen-bond acceptors (Lipinski definition) is 1. The number of halogens is 1. The first kappa shape index (κ1) is 15.2. The van der Waals surface area contributed by atoms with Crippen LogP contribution in [-0.2, 0) is 11.1 Å². The fourth-order valence-corrected chi connectivity index (χ4v) is 5.13. The molecule has 0 unspecified atom stereocenters. The fraction of sp³-hybridized carbons (Fsp3) is 0.0526. The maximum Gasteiger partial charge on any atom is 0.307 e. The molecule has 0 N–H and O–H groups in total. The maximum absolute atomic E-state index is 7.03. The van der Waals surface area contributed by atoms with Gasteiger partial charge in [0.15, 0.2) is 0 Å². The van der Waals surface area contributed by atoms with Gasteiger partial charge in [0.2, 0.25) is 0 Å². The van der Waals surface area contributed by atoms with Crippen molar-refractivity contribution in [2.45, 2.75) is 6.61 Å². The molecule has 0 radical (unpaired) electrons. The average Bonchev–Trinajstić information content (AvgIpc) is 2.62. The Labute approximate surface area is 136 Å². The van der Waals surface area contributed by atoms with Gasteiger partial charge in [0, 0.05) is 0 Å². The van der Waals surface area contributed by atoms with E-state index in [0.717, 1.165) is 16.2 Å². The van der Waals surface area contributed by atoms with Crippen LogP contribution in [0.3, 0.4) is 0 Å². The molecular formula is C19H17ClOP+. The van der Waals surface area contributed by atoms with Crippen LogP contribution >= 0.6 is 18.1 Å². The van der Waals surface area contributed by atoms with Gasteiger partial charge >= 0.3 is 6.84 Å². The van der Waals surface area contributed by atoms with E-state index in [2.05, 4.69) is 12.1 Å². The van der Waals surface area contributed by atoms with Crippen LogP contribution in [0.5, 0.6) is 0 Å². The van der Waals surface area contributed by atoms with E-state index >= 15 is 0 Å². The fourth-order valence-electron chi connectivity index (χ4n) is 2.28. The zero-order valence-corrected chi connectivity index (χ0v) is 13.8. The summed E-state index contributed by atoms with van der Waals surface area (Å²) in [6.45, 7) is -1.87. The van der Waals surface area contributed by atoms with Gasteiger partial charge in [-0.1, -0.05) is 66.7 Å². The molecule has 0 aliphatic rings. The van der Waals surface area contributed by atoms with Crippen LogP contribution in [0.1, 0.15) is 5.56 Å². The second-order valence-electron chi connectivity index (χ2n) is 4.96. The summed E-state index contributed by atoms with van der Waals surface area (Å²) in [5.74, 6) is 0. The predicted molar refractivity (Wildman–Crippen MR) is 96.2 cm³/mol. The summed E-state index contributed by atoms with van der Waals surface area (Å²) < 4.78 is 6.26. The van der Waals surface area contributed by atoms with Crippen molar-refractivity contribution in [2.75, 3.05) is 0 Å². The van der Waals surface area contributed by atoms with E-state index in [0.29, 0.717) is 6.61 Å². The Morgan fingerprint density at radius 3 is 1.50 bits per heavy atom. The van der Waals surface area contributed by atoms with Crippen LogP contribution < -0.4 is 10.6 Å². The lowest BCUT2D eigenvalue weighted by Gasteiger charge is -2.17. The minimum absolute atomic E-state index is 0.502. The van der Waals surface area contributed by atoms with Crippen molar-refractivity contribution in [3.63, 3.8) is 0 Å². The van der Waals surface area contributed by atoms with Gasteiger partial charge in [-0.25, -0.2) is 4.52 Å². The van der Waals surface area contributed by atoms with E-state index in [9.17, 15) is 0 Å². The lowest BCUT2D eigenvalue weighted by atomic mass is 10.2. The van der Waals surface area contributed by atoms with Crippen LogP contribution in [0.25, 0.3) is 0 Å². The van der Waals surface area contributed by atoms with Crippen molar-refractivity contribution in [2.24, 2.45) is 0 Å². The quantitative estimate of drug-likeness (QED) is 0.603. The molecule has 110 valence electrons. The molecule has 0 fully saturated rings. The van der Waals surface area contributed by atoms with Crippen molar-refractivity contribution >= 4 is 28.7 Å². The Balaban J connectivity index is 1.93. The Kier molecular flexibility index (Phi) is 4.90. The van der Waals surface area contributed by atoms with Gasteiger partial charge in [-0.15, -0.1) is 0 Å². The van der Waals surface area contributed by atoms with Gasteiger partial charge in [-0.05, 0) is 29.8 Å². The summed E-state index contributed by atoms with van der Waals surface area (Å²) >= 11 is 7.03. The summed E-state index contributed by atoms with van der Waals surface area (Å²) in [4.78, 5) is 0. The van der Waals surface area contributed by atoms with Gasteiger partial charge in [0.25, 0.3) is 0 Å². The highest BCUT2D eigenvalue weighted by atomic mass is 35.7. The standard InChI is InChI=1S/C19H17ClOP/c20-22(18-12-6-2-7-13-18,19-14-8-3-9-15-19)21-16-17-10-4-1-5-11-17/h1-15H,16H2/q+1. The van der Waals surface area contributed by atoms with Gasteiger partial charge in [0.05, 0.1) is 0 Å². The highest BCUT2D eigenvalue weighted by Gasteiger charge is 2.44. The zero-order valence-electron chi connectivity index (χ0n) is 12.1. The molecule has 0 amide bonds. The summed E-state index contributed by atoms with van der Waals surface area (Å²) in [6.07, 6.45) is 0. The van der Waals surface area contributed by atoms with Crippen molar-refractivity contribution in [3.05, 3.63) is 96.6 Å². The van der Waals surface area contributed by atoms with Crippen LogP contribution in [0, 0.1) is 0 Å².